The zero-order valence-electron chi connectivity index (χ0n) is 10.1. The molecule has 0 saturated carbocycles. The average Bonchev–Trinajstić information content (AvgIpc) is 2.82. The molecule has 1 atom stereocenters. The molecule has 1 aromatic heterocycles. The van der Waals surface area contributed by atoms with E-state index in [0.717, 1.165) is 0 Å². The summed E-state index contributed by atoms with van der Waals surface area (Å²) in [6.45, 7) is 2.63. The van der Waals surface area contributed by atoms with Crippen LogP contribution in [0.1, 0.15) is 18.6 Å². The van der Waals surface area contributed by atoms with Crippen LogP contribution in [0.25, 0.3) is 0 Å². The lowest BCUT2D eigenvalue weighted by atomic mass is 10.1. The summed E-state index contributed by atoms with van der Waals surface area (Å²) < 4.78 is 20.5. The second kappa shape index (κ2) is 5.64. The number of hydrogen-bond acceptors (Lipinski definition) is 3. The molecule has 0 aliphatic carbocycles. The van der Waals surface area contributed by atoms with E-state index in [-0.39, 0.29) is 5.82 Å². The van der Waals surface area contributed by atoms with Gasteiger partial charge in [0.25, 0.3) is 0 Å². The van der Waals surface area contributed by atoms with Gasteiger partial charge in [0.2, 0.25) is 0 Å². The van der Waals surface area contributed by atoms with Crippen LogP contribution >= 0.6 is 0 Å². The van der Waals surface area contributed by atoms with E-state index in [2.05, 4.69) is 4.98 Å². The molecule has 0 bridgehead atoms. The molecule has 1 aromatic carbocycles. The molecular weight excluding hydrogens is 235 g/mol. The molecule has 2 aromatic rings. The molecule has 2 rings (SSSR count). The molecule has 0 saturated heterocycles. The van der Waals surface area contributed by atoms with Crippen LogP contribution in [0.4, 0.5) is 4.39 Å². The number of ether oxygens (including phenoxy) is 1. The van der Waals surface area contributed by atoms with E-state index in [1.165, 1.54) is 18.2 Å². The van der Waals surface area contributed by atoms with Crippen LogP contribution in [0, 0.1) is 5.82 Å². The van der Waals surface area contributed by atoms with Crippen LogP contribution in [0.15, 0.2) is 36.9 Å². The van der Waals surface area contributed by atoms with Crippen molar-refractivity contribution in [2.75, 3.05) is 6.61 Å². The van der Waals surface area contributed by atoms with Gasteiger partial charge in [-0.3, -0.25) is 0 Å². The first-order valence-corrected chi connectivity index (χ1v) is 5.73. The number of hydrogen-bond donors (Lipinski definition) is 1. The minimum absolute atomic E-state index is 0.378. The van der Waals surface area contributed by atoms with Crippen molar-refractivity contribution < 1.29 is 14.2 Å². The Bertz CT molecular complexity index is 498. The second-order valence-corrected chi connectivity index (χ2v) is 4.01. The third-order valence-corrected chi connectivity index (χ3v) is 2.59. The van der Waals surface area contributed by atoms with Crippen molar-refractivity contribution in [1.82, 2.24) is 9.55 Å². The zero-order valence-corrected chi connectivity index (χ0v) is 10.1. The van der Waals surface area contributed by atoms with E-state index in [1.54, 1.807) is 19.4 Å². The molecule has 1 unspecified atom stereocenters. The number of aliphatic hydroxyl groups is 1. The summed E-state index contributed by atoms with van der Waals surface area (Å²) in [5.41, 5.74) is 0.585. The van der Waals surface area contributed by atoms with E-state index in [0.29, 0.717) is 24.5 Å². The van der Waals surface area contributed by atoms with Gasteiger partial charge in [-0.2, -0.15) is 0 Å². The topological polar surface area (TPSA) is 47.3 Å². The second-order valence-electron chi connectivity index (χ2n) is 4.01. The van der Waals surface area contributed by atoms with Crippen LogP contribution in [-0.4, -0.2) is 21.3 Å². The number of benzene rings is 1. The molecule has 0 aliphatic rings. The van der Waals surface area contributed by atoms with Gasteiger partial charge in [-0.05, 0) is 19.1 Å². The van der Waals surface area contributed by atoms with Gasteiger partial charge in [-0.25, -0.2) is 9.37 Å². The lowest BCUT2D eigenvalue weighted by Gasteiger charge is -2.13. The van der Waals surface area contributed by atoms with Crippen molar-refractivity contribution in [2.24, 2.45) is 0 Å². The van der Waals surface area contributed by atoms with Gasteiger partial charge >= 0.3 is 0 Å². The van der Waals surface area contributed by atoms with Crippen molar-refractivity contribution in [3.05, 3.63) is 48.3 Å². The first-order chi connectivity index (χ1) is 8.66. The van der Waals surface area contributed by atoms with Gasteiger partial charge in [-0.1, -0.05) is 0 Å². The molecule has 0 radical (unpaired) electrons. The Morgan fingerprint density at radius 3 is 3.00 bits per heavy atom. The molecular formula is C13H15FN2O2. The highest BCUT2D eigenvalue weighted by Gasteiger charge is 2.10. The van der Waals surface area contributed by atoms with E-state index in [4.69, 9.17) is 4.74 Å². The number of rotatable bonds is 5. The summed E-state index contributed by atoms with van der Waals surface area (Å²) >= 11 is 0. The maximum atomic E-state index is 13.1. The Balaban J connectivity index is 2.01. The van der Waals surface area contributed by atoms with E-state index in [1.807, 2.05) is 10.8 Å². The Morgan fingerprint density at radius 1 is 1.50 bits per heavy atom. The third kappa shape index (κ3) is 3.07. The smallest absolute Gasteiger partial charge is 0.128 e. The van der Waals surface area contributed by atoms with Gasteiger partial charge in [-0.15, -0.1) is 0 Å². The molecule has 1 N–H and O–H groups in total. The summed E-state index contributed by atoms with van der Waals surface area (Å²) in [5.74, 6) is 0.00199. The SMILES string of the molecule is CC(O)c1ccc(F)cc1OCCn1ccnc1. The van der Waals surface area contributed by atoms with Crippen LogP contribution < -0.4 is 4.74 Å². The summed E-state index contributed by atoms with van der Waals surface area (Å²) in [5, 5.41) is 9.56. The third-order valence-electron chi connectivity index (χ3n) is 2.59. The molecule has 4 nitrogen and oxygen atoms in total. The highest BCUT2D eigenvalue weighted by atomic mass is 19.1. The number of halogens is 1. The molecule has 18 heavy (non-hydrogen) atoms. The maximum absolute atomic E-state index is 13.1. The summed E-state index contributed by atoms with van der Waals surface area (Å²) in [6.07, 6.45) is 4.51. The Kier molecular flexibility index (Phi) is 3.94. The lowest BCUT2D eigenvalue weighted by molar-refractivity contribution is 0.190. The van der Waals surface area contributed by atoms with Crippen LogP contribution in [0.3, 0.4) is 0 Å². The molecule has 96 valence electrons. The van der Waals surface area contributed by atoms with Crippen molar-refractivity contribution in [3.8, 4) is 5.75 Å². The lowest BCUT2D eigenvalue weighted by Crippen LogP contribution is -2.08. The first kappa shape index (κ1) is 12.6. The van der Waals surface area contributed by atoms with Crippen molar-refractivity contribution in [3.63, 3.8) is 0 Å². The Morgan fingerprint density at radius 2 is 2.33 bits per heavy atom. The summed E-state index contributed by atoms with van der Waals surface area (Å²) in [4.78, 5) is 3.92. The molecule has 1 heterocycles. The number of nitrogens with zero attached hydrogens (tertiary/aromatic N) is 2. The maximum Gasteiger partial charge on any atom is 0.128 e. The van der Waals surface area contributed by atoms with Gasteiger partial charge < -0.3 is 14.4 Å². The predicted molar refractivity (Wildman–Crippen MR) is 64.8 cm³/mol. The monoisotopic (exact) mass is 250 g/mol. The fraction of sp³-hybridized carbons (Fsp3) is 0.308. The summed E-state index contributed by atoms with van der Waals surface area (Å²) in [7, 11) is 0. The average molecular weight is 250 g/mol. The quantitative estimate of drug-likeness (QED) is 0.884. The van der Waals surface area contributed by atoms with Crippen molar-refractivity contribution in [1.29, 1.82) is 0 Å². The Labute approximate surface area is 105 Å². The number of imidazole rings is 1. The molecule has 5 heteroatoms. The van der Waals surface area contributed by atoms with E-state index in [9.17, 15) is 9.50 Å². The minimum atomic E-state index is -0.686. The van der Waals surface area contributed by atoms with Crippen LogP contribution in [0.2, 0.25) is 0 Å². The Hall–Kier alpha value is -1.88. The van der Waals surface area contributed by atoms with Crippen LogP contribution in [-0.2, 0) is 6.54 Å². The van der Waals surface area contributed by atoms with Crippen molar-refractivity contribution in [2.45, 2.75) is 19.6 Å². The largest absolute Gasteiger partial charge is 0.491 e. The normalized spacial score (nSPS) is 12.4. The molecule has 0 spiro atoms. The zero-order chi connectivity index (χ0) is 13.0. The number of aromatic nitrogens is 2. The van der Waals surface area contributed by atoms with Gasteiger partial charge in [0.05, 0.1) is 19.0 Å². The van der Waals surface area contributed by atoms with Crippen molar-refractivity contribution >= 4 is 0 Å². The summed E-state index contributed by atoms with van der Waals surface area (Å²) in [6, 6.07) is 4.13. The van der Waals surface area contributed by atoms with E-state index >= 15 is 0 Å². The highest BCUT2D eigenvalue weighted by molar-refractivity contribution is 5.35. The molecule has 0 amide bonds. The van der Waals surface area contributed by atoms with Gasteiger partial charge in [0, 0.05) is 24.0 Å². The minimum Gasteiger partial charge on any atom is -0.491 e. The fourth-order valence-electron chi connectivity index (χ4n) is 1.66. The fourth-order valence-corrected chi connectivity index (χ4v) is 1.66. The number of aliphatic hydroxyl groups excluding tert-OH is 1. The highest BCUT2D eigenvalue weighted by Crippen LogP contribution is 2.25. The molecule has 0 aliphatic heterocycles. The van der Waals surface area contributed by atoms with E-state index < -0.39 is 6.10 Å². The van der Waals surface area contributed by atoms with Crippen LogP contribution in [0.5, 0.6) is 5.75 Å². The standard InChI is InChI=1S/C13H15FN2O2/c1-10(17)12-3-2-11(14)8-13(12)18-7-6-16-5-4-15-9-16/h2-5,8-10,17H,6-7H2,1H3. The first-order valence-electron chi connectivity index (χ1n) is 5.73. The molecule has 0 fully saturated rings. The van der Waals surface area contributed by atoms with Gasteiger partial charge in [0.15, 0.2) is 0 Å². The predicted octanol–water partition coefficient (Wildman–Crippen LogP) is 2.15. The van der Waals surface area contributed by atoms with Gasteiger partial charge in [0.1, 0.15) is 18.2 Å².